The number of ether oxygens (including phenoxy) is 1. The average Bonchev–Trinajstić information content (AvgIpc) is 3.31. The molecule has 4 heterocycles. The Bertz CT molecular complexity index is 1430. The molecule has 0 unspecified atom stereocenters. The van der Waals surface area contributed by atoms with Crippen LogP contribution in [0.25, 0.3) is 32.7 Å². The maximum Gasteiger partial charge on any atom is 0.321 e. The van der Waals surface area contributed by atoms with Crippen LogP contribution in [-0.2, 0) is 16.9 Å². The highest BCUT2D eigenvalue weighted by Crippen LogP contribution is 2.37. The molecule has 12 heteroatoms. The van der Waals surface area contributed by atoms with Gasteiger partial charge in [0.25, 0.3) is 0 Å². The number of fused-ring (bicyclic) bond motifs is 1. The van der Waals surface area contributed by atoms with Crippen LogP contribution >= 0.6 is 11.3 Å². The first-order chi connectivity index (χ1) is 18.3. The minimum Gasteiger partial charge on any atom is -0.382 e. The van der Waals surface area contributed by atoms with Crippen molar-refractivity contribution in [1.29, 1.82) is 0 Å². The van der Waals surface area contributed by atoms with E-state index >= 15 is 0 Å². The summed E-state index contributed by atoms with van der Waals surface area (Å²) in [6, 6.07) is 5.54. The molecule has 0 bridgehead atoms. The molecule has 38 heavy (non-hydrogen) atoms. The molecule has 0 atom stereocenters. The van der Waals surface area contributed by atoms with Crippen LogP contribution in [0.15, 0.2) is 36.8 Å². The molecule has 0 saturated carbocycles. The van der Waals surface area contributed by atoms with Crippen molar-refractivity contribution in [2.75, 3.05) is 38.2 Å². The molecule has 11 nitrogen and oxygen atoms in total. The van der Waals surface area contributed by atoms with Crippen molar-refractivity contribution in [2.24, 2.45) is 0 Å². The second-order valence-corrected chi connectivity index (χ2v) is 10.5. The number of nitrogens with zero attached hydrogens (tertiary/aromatic N) is 6. The van der Waals surface area contributed by atoms with Gasteiger partial charge in [0.05, 0.1) is 29.1 Å². The van der Waals surface area contributed by atoms with E-state index in [2.05, 4.69) is 35.5 Å². The lowest BCUT2D eigenvalue weighted by atomic mass is 10.0. The number of amides is 2. The van der Waals surface area contributed by atoms with E-state index in [0.717, 1.165) is 53.4 Å². The third-order valence-electron chi connectivity index (χ3n) is 6.02. The molecule has 3 N–H and O–H groups in total. The first kappa shape index (κ1) is 26.0. The van der Waals surface area contributed by atoms with Crippen molar-refractivity contribution in [3.8, 4) is 22.5 Å². The van der Waals surface area contributed by atoms with Gasteiger partial charge < -0.3 is 15.2 Å². The maximum absolute atomic E-state index is 12.1. The number of carbonyl (C=O) groups excluding carboxylic acids is 1. The topological polar surface area (TPSA) is 138 Å². The van der Waals surface area contributed by atoms with Crippen molar-refractivity contribution >= 4 is 32.7 Å². The molecule has 1 aliphatic heterocycles. The van der Waals surface area contributed by atoms with Crippen molar-refractivity contribution in [3.63, 3.8) is 0 Å². The predicted molar refractivity (Wildman–Crippen MR) is 146 cm³/mol. The standard InChI is InChI=1S/C26H30N8O3S/c1-4-27-24(35)33-25-32-20-12-16(17-13-29-23(30-14-17)26(2,3)36)11-19(21(20)38-25)22-28-6-5-18(31-22)15-34-7-9-37-10-8-34/h5-6,11-14,36H,4,7-10,15H2,1-3H3,(H2,27,32,33,35). The Balaban J connectivity index is 1.56. The minimum atomic E-state index is -1.14. The molecule has 3 aromatic heterocycles. The Morgan fingerprint density at radius 2 is 1.89 bits per heavy atom. The number of nitrogens with one attached hydrogen (secondary N) is 2. The Labute approximate surface area is 224 Å². The summed E-state index contributed by atoms with van der Waals surface area (Å²) < 4.78 is 6.33. The van der Waals surface area contributed by atoms with E-state index in [1.54, 1.807) is 32.4 Å². The van der Waals surface area contributed by atoms with Crippen LogP contribution in [0.3, 0.4) is 0 Å². The first-order valence-electron chi connectivity index (χ1n) is 12.5. The first-order valence-corrected chi connectivity index (χ1v) is 13.3. The smallest absolute Gasteiger partial charge is 0.321 e. The molecule has 1 saturated heterocycles. The number of hydrogen-bond acceptors (Lipinski definition) is 10. The zero-order chi connectivity index (χ0) is 26.7. The maximum atomic E-state index is 12.1. The zero-order valence-corrected chi connectivity index (χ0v) is 22.4. The van der Waals surface area contributed by atoms with E-state index in [-0.39, 0.29) is 6.03 Å². The molecular weight excluding hydrogens is 504 g/mol. The molecule has 4 aromatic rings. The van der Waals surface area contributed by atoms with Gasteiger partial charge in [0, 0.05) is 55.9 Å². The predicted octanol–water partition coefficient (Wildman–Crippen LogP) is 3.41. The Morgan fingerprint density at radius 1 is 1.13 bits per heavy atom. The van der Waals surface area contributed by atoms with E-state index in [1.165, 1.54) is 11.3 Å². The number of thiazole rings is 1. The highest BCUT2D eigenvalue weighted by molar-refractivity contribution is 7.22. The van der Waals surface area contributed by atoms with Gasteiger partial charge in [-0.05, 0) is 44.5 Å². The second-order valence-electron chi connectivity index (χ2n) is 9.49. The summed E-state index contributed by atoms with van der Waals surface area (Å²) in [5.41, 5.74) is 2.86. The molecule has 1 fully saturated rings. The summed E-state index contributed by atoms with van der Waals surface area (Å²) in [6.07, 6.45) is 5.13. The van der Waals surface area contributed by atoms with Crippen molar-refractivity contribution < 1.29 is 14.6 Å². The third-order valence-corrected chi connectivity index (χ3v) is 7.04. The van der Waals surface area contributed by atoms with Gasteiger partial charge in [0.1, 0.15) is 5.60 Å². The quantitative estimate of drug-likeness (QED) is 0.326. The van der Waals surface area contributed by atoms with Crippen LogP contribution in [0.1, 0.15) is 32.3 Å². The van der Waals surface area contributed by atoms with Crippen molar-refractivity contribution in [1.82, 2.24) is 35.1 Å². The van der Waals surface area contributed by atoms with Gasteiger partial charge in [-0.1, -0.05) is 11.3 Å². The lowest BCUT2D eigenvalue weighted by Gasteiger charge is -2.26. The fourth-order valence-corrected chi connectivity index (χ4v) is 5.07. The monoisotopic (exact) mass is 534 g/mol. The largest absolute Gasteiger partial charge is 0.382 e. The summed E-state index contributed by atoms with van der Waals surface area (Å²) in [6.45, 7) is 9.53. The minimum absolute atomic E-state index is 0.312. The molecule has 1 aliphatic rings. The molecule has 2 amide bonds. The molecule has 198 valence electrons. The Morgan fingerprint density at radius 3 is 2.61 bits per heavy atom. The van der Waals surface area contributed by atoms with Crippen LogP contribution in [0.5, 0.6) is 0 Å². The fourth-order valence-electron chi connectivity index (χ4n) is 4.12. The van der Waals surface area contributed by atoms with Gasteiger partial charge in [-0.15, -0.1) is 0 Å². The summed E-state index contributed by atoms with van der Waals surface area (Å²) in [7, 11) is 0. The molecule has 5 rings (SSSR count). The number of aliphatic hydroxyl groups is 1. The molecular formula is C26H30N8O3S. The molecule has 1 aromatic carbocycles. The number of rotatable bonds is 7. The zero-order valence-electron chi connectivity index (χ0n) is 21.6. The Kier molecular flexibility index (Phi) is 7.56. The van der Waals surface area contributed by atoms with Gasteiger partial charge in [-0.2, -0.15) is 0 Å². The number of morpholine rings is 1. The van der Waals surface area contributed by atoms with Crippen LogP contribution in [0, 0.1) is 0 Å². The number of benzene rings is 1. The van der Waals surface area contributed by atoms with Crippen LogP contribution < -0.4 is 10.6 Å². The van der Waals surface area contributed by atoms with E-state index in [9.17, 15) is 9.90 Å². The molecule has 0 radical (unpaired) electrons. The second kappa shape index (κ2) is 11.0. The summed E-state index contributed by atoms with van der Waals surface area (Å²) in [4.78, 5) is 37.3. The van der Waals surface area contributed by atoms with E-state index in [1.807, 2.05) is 25.1 Å². The van der Waals surface area contributed by atoms with Gasteiger partial charge in [-0.25, -0.2) is 29.7 Å². The van der Waals surface area contributed by atoms with Gasteiger partial charge in [0.15, 0.2) is 16.8 Å². The number of aromatic nitrogens is 5. The van der Waals surface area contributed by atoms with Gasteiger partial charge >= 0.3 is 6.03 Å². The van der Waals surface area contributed by atoms with Gasteiger partial charge in [0.2, 0.25) is 0 Å². The van der Waals surface area contributed by atoms with E-state index in [4.69, 9.17) is 9.72 Å². The highest BCUT2D eigenvalue weighted by Gasteiger charge is 2.21. The number of anilines is 1. The summed E-state index contributed by atoms with van der Waals surface area (Å²) in [5, 5.41) is 16.2. The SMILES string of the molecule is CCNC(=O)Nc1nc2cc(-c3cnc(C(C)(C)O)nc3)cc(-c3nccc(CN4CCOCC4)n3)c2s1. The van der Waals surface area contributed by atoms with Crippen molar-refractivity contribution in [3.05, 3.63) is 48.3 Å². The molecule has 0 aliphatic carbocycles. The number of urea groups is 1. The number of hydrogen-bond donors (Lipinski definition) is 3. The normalized spacial score (nSPS) is 14.5. The Hall–Kier alpha value is -3.58. The van der Waals surface area contributed by atoms with Gasteiger partial charge in [-0.3, -0.25) is 10.2 Å². The fraction of sp³-hybridized carbons (Fsp3) is 0.385. The summed E-state index contributed by atoms with van der Waals surface area (Å²) >= 11 is 1.37. The lowest BCUT2D eigenvalue weighted by molar-refractivity contribution is 0.0336. The van der Waals surface area contributed by atoms with E-state index < -0.39 is 5.60 Å². The average molecular weight is 535 g/mol. The van der Waals surface area contributed by atoms with E-state index in [0.29, 0.717) is 35.4 Å². The number of carbonyl (C=O) groups is 1. The van der Waals surface area contributed by atoms with Crippen molar-refractivity contribution in [2.45, 2.75) is 32.9 Å². The van der Waals surface area contributed by atoms with Crippen LogP contribution in [0.4, 0.5) is 9.93 Å². The van der Waals surface area contributed by atoms with Crippen LogP contribution in [-0.4, -0.2) is 73.8 Å². The van der Waals surface area contributed by atoms with Crippen LogP contribution in [0.2, 0.25) is 0 Å². The lowest BCUT2D eigenvalue weighted by Crippen LogP contribution is -2.35. The highest BCUT2D eigenvalue weighted by atomic mass is 32.1. The molecule has 0 spiro atoms. The summed E-state index contributed by atoms with van der Waals surface area (Å²) in [5.74, 6) is 0.911. The third kappa shape index (κ3) is 5.94.